The molecule has 0 radical (unpaired) electrons. The zero-order valence-corrected chi connectivity index (χ0v) is 15.2. The normalized spacial score (nSPS) is 14.2. The number of amides is 1. The quantitative estimate of drug-likeness (QED) is 0.591. The molecule has 2 aromatic rings. The van der Waals surface area contributed by atoms with Gasteiger partial charge >= 0.3 is 12.5 Å². The summed E-state index contributed by atoms with van der Waals surface area (Å²) in [6.07, 6.45) is -9.33. The standard InChI is InChI=1S/C18H12ClF6NO3/c19-14-6-13(28-9-17(20,21)22)5-11-8-26(16(27)15(11)14)7-10-1-3-12(4-2-10)29-18(23,24)25/h1-6H,7-9H2. The number of alkyl halides is 6. The van der Waals surface area contributed by atoms with Gasteiger partial charge in [-0.1, -0.05) is 23.7 Å². The molecule has 4 nitrogen and oxygen atoms in total. The number of rotatable bonds is 5. The Kier molecular flexibility index (Phi) is 5.57. The number of fused-ring (bicyclic) bond motifs is 1. The molecule has 29 heavy (non-hydrogen) atoms. The predicted molar refractivity (Wildman–Crippen MR) is 89.7 cm³/mol. The van der Waals surface area contributed by atoms with Gasteiger partial charge < -0.3 is 14.4 Å². The Morgan fingerprint density at radius 2 is 1.66 bits per heavy atom. The van der Waals surface area contributed by atoms with Gasteiger partial charge in [-0.15, -0.1) is 13.2 Å². The van der Waals surface area contributed by atoms with E-state index in [1.807, 2.05) is 0 Å². The van der Waals surface area contributed by atoms with Crippen molar-refractivity contribution >= 4 is 17.5 Å². The van der Waals surface area contributed by atoms with E-state index in [9.17, 15) is 31.1 Å². The Labute approximate surface area is 165 Å². The van der Waals surface area contributed by atoms with Crippen molar-refractivity contribution in [3.63, 3.8) is 0 Å². The van der Waals surface area contributed by atoms with Gasteiger partial charge in [-0.25, -0.2) is 0 Å². The molecular formula is C18H12ClF6NO3. The number of carbonyl (C=O) groups excluding carboxylic acids is 1. The lowest BCUT2D eigenvalue weighted by molar-refractivity contribution is -0.274. The van der Waals surface area contributed by atoms with Crippen molar-refractivity contribution in [3.8, 4) is 11.5 Å². The molecule has 0 aliphatic carbocycles. The first-order chi connectivity index (χ1) is 13.4. The highest BCUT2D eigenvalue weighted by molar-refractivity contribution is 6.34. The SMILES string of the molecule is O=C1c2c(Cl)cc(OCC(F)(F)F)cc2CN1Cc1ccc(OC(F)(F)F)cc1. The second-order valence-electron chi connectivity index (χ2n) is 6.20. The van der Waals surface area contributed by atoms with Crippen LogP contribution in [0.1, 0.15) is 21.5 Å². The highest BCUT2D eigenvalue weighted by Crippen LogP contribution is 2.35. The van der Waals surface area contributed by atoms with E-state index in [0.717, 1.165) is 18.2 Å². The Bertz CT molecular complexity index is 912. The summed E-state index contributed by atoms with van der Waals surface area (Å²) < 4.78 is 82.0. The highest BCUT2D eigenvalue weighted by atomic mass is 35.5. The average molecular weight is 440 g/mol. The van der Waals surface area contributed by atoms with Crippen molar-refractivity contribution in [1.82, 2.24) is 4.90 Å². The molecule has 3 rings (SSSR count). The van der Waals surface area contributed by atoms with E-state index in [0.29, 0.717) is 11.1 Å². The zero-order chi connectivity index (χ0) is 21.4. The molecule has 156 valence electrons. The van der Waals surface area contributed by atoms with Crippen molar-refractivity contribution in [3.05, 3.63) is 58.1 Å². The maximum Gasteiger partial charge on any atom is 0.573 e. The van der Waals surface area contributed by atoms with Gasteiger partial charge in [0.2, 0.25) is 0 Å². The predicted octanol–water partition coefficient (Wildman–Crippen LogP) is 5.34. The molecule has 0 spiro atoms. The Balaban J connectivity index is 1.71. The zero-order valence-electron chi connectivity index (χ0n) is 14.4. The van der Waals surface area contributed by atoms with Crippen molar-refractivity contribution in [2.75, 3.05) is 6.61 Å². The third-order valence-corrected chi connectivity index (χ3v) is 4.24. The van der Waals surface area contributed by atoms with Gasteiger partial charge in [-0.3, -0.25) is 4.79 Å². The summed E-state index contributed by atoms with van der Waals surface area (Å²) in [5.41, 5.74) is 1.09. The molecule has 1 aliphatic rings. The summed E-state index contributed by atoms with van der Waals surface area (Å²) in [4.78, 5) is 13.9. The number of halogens is 7. The summed E-state index contributed by atoms with van der Waals surface area (Å²) in [6.45, 7) is -1.36. The van der Waals surface area contributed by atoms with Gasteiger partial charge in [0.25, 0.3) is 5.91 Å². The number of benzene rings is 2. The number of nitrogens with zero attached hydrogens (tertiary/aromatic N) is 1. The lowest BCUT2D eigenvalue weighted by Gasteiger charge is -2.16. The van der Waals surface area contributed by atoms with Crippen LogP contribution in [0.5, 0.6) is 11.5 Å². The van der Waals surface area contributed by atoms with Crippen LogP contribution in [-0.2, 0) is 13.1 Å². The van der Waals surface area contributed by atoms with Crippen LogP contribution >= 0.6 is 11.6 Å². The van der Waals surface area contributed by atoms with E-state index in [1.165, 1.54) is 23.1 Å². The van der Waals surface area contributed by atoms with Crippen LogP contribution in [0.15, 0.2) is 36.4 Å². The van der Waals surface area contributed by atoms with Gasteiger partial charge in [0.1, 0.15) is 11.5 Å². The van der Waals surface area contributed by atoms with Crippen LogP contribution in [-0.4, -0.2) is 30.0 Å². The van der Waals surface area contributed by atoms with Gasteiger partial charge in [-0.05, 0) is 35.4 Å². The lowest BCUT2D eigenvalue weighted by atomic mass is 10.1. The highest BCUT2D eigenvalue weighted by Gasteiger charge is 2.33. The minimum absolute atomic E-state index is 0.0406. The average Bonchev–Trinajstić information content (AvgIpc) is 2.89. The maximum absolute atomic E-state index is 12.6. The van der Waals surface area contributed by atoms with E-state index < -0.39 is 30.8 Å². The van der Waals surface area contributed by atoms with Crippen LogP contribution < -0.4 is 9.47 Å². The molecule has 0 saturated heterocycles. The van der Waals surface area contributed by atoms with Gasteiger partial charge in [0.05, 0.1) is 10.6 Å². The van der Waals surface area contributed by atoms with E-state index in [4.69, 9.17) is 11.6 Å². The molecule has 0 saturated carbocycles. The molecule has 0 unspecified atom stereocenters. The third-order valence-electron chi connectivity index (χ3n) is 3.94. The van der Waals surface area contributed by atoms with E-state index in [-0.39, 0.29) is 29.4 Å². The molecule has 11 heteroatoms. The molecule has 1 aliphatic heterocycles. The molecule has 1 heterocycles. The smallest absolute Gasteiger partial charge is 0.484 e. The molecule has 1 amide bonds. The van der Waals surface area contributed by atoms with Gasteiger partial charge in [0.15, 0.2) is 6.61 Å². The second kappa shape index (κ2) is 7.66. The first-order valence-corrected chi connectivity index (χ1v) is 8.45. The van der Waals surface area contributed by atoms with Crippen molar-refractivity contribution in [2.24, 2.45) is 0 Å². The molecule has 0 fully saturated rings. The fraction of sp³-hybridized carbons (Fsp3) is 0.278. The fourth-order valence-corrected chi connectivity index (χ4v) is 3.14. The summed E-state index contributed by atoms with van der Waals surface area (Å²) in [5.74, 6) is -0.954. The third kappa shape index (κ3) is 5.47. The van der Waals surface area contributed by atoms with Crippen LogP contribution in [0, 0.1) is 0 Å². The first kappa shape index (κ1) is 21.1. The van der Waals surface area contributed by atoms with Crippen molar-refractivity contribution < 1.29 is 40.6 Å². The Hall–Kier alpha value is -2.62. The number of hydrogen-bond donors (Lipinski definition) is 0. The minimum atomic E-state index is -4.81. The molecular weight excluding hydrogens is 428 g/mol. The van der Waals surface area contributed by atoms with Crippen LogP contribution in [0.3, 0.4) is 0 Å². The van der Waals surface area contributed by atoms with Gasteiger partial charge in [-0.2, -0.15) is 13.2 Å². The summed E-state index contributed by atoms with van der Waals surface area (Å²) in [7, 11) is 0. The van der Waals surface area contributed by atoms with Crippen LogP contribution in [0.25, 0.3) is 0 Å². The molecule has 2 aromatic carbocycles. The van der Waals surface area contributed by atoms with Crippen molar-refractivity contribution in [1.29, 1.82) is 0 Å². The second-order valence-corrected chi connectivity index (χ2v) is 6.60. The Morgan fingerprint density at radius 1 is 1.00 bits per heavy atom. The van der Waals surface area contributed by atoms with E-state index in [1.54, 1.807) is 0 Å². The first-order valence-electron chi connectivity index (χ1n) is 8.07. The largest absolute Gasteiger partial charge is 0.573 e. The molecule has 0 bridgehead atoms. The van der Waals surface area contributed by atoms with Crippen molar-refractivity contribution in [2.45, 2.75) is 25.6 Å². The monoisotopic (exact) mass is 439 g/mol. The number of hydrogen-bond acceptors (Lipinski definition) is 3. The van der Waals surface area contributed by atoms with Crippen LogP contribution in [0.4, 0.5) is 26.3 Å². The maximum atomic E-state index is 12.6. The Morgan fingerprint density at radius 3 is 2.24 bits per heavy atom. The molecule has 0 N–H and O–H groups in total. The molecule has 0 aromatic heterocycles. The van der Waals surface area contributed by atoms with E-state index in [2.05, 4.69) is 9.47 Å². The summed E-state index contributed by atoms with van der Waals surface area (Å²) in [5, 5.41) is -0.0406. The number of carbonyl (C=O) groups is 1. The molecule has 0 atom stereocenters. The van der Waals surface area contributed by atoms with Gasteiger partial charge in [0, 0.05) is 13.1 Å². The van der Waals surface area contributed by atoms with E-state index >= 15 is 0 Å². The summed E-state index contributed by atoms with van der Waals surface area (Å²) >= 11 is 6.04. The lowest BCUT2D eigenvalue weighted by Crippen LogP contribution is -2.23. The minimum Gasteiger partial charge on any atom is -0.484 e. The summed E-state index contributed by atoms with van der Waals surface area (Å²) in [6, 6.07) is 7.43. The number of ether oxygens (including phenoxy) is 2. The topological polar surface area (TPSA) is 38.8 Å². The fourth-order valence-electron chi connectivity index (χ4n) is 2.83. The van der Waals surface area contributed by atoms with Crippen LogP contribution in [0.2, 0.25) is 5.02 Å².